The summed E-state index contributed by atoms with van der Waals surface area (Å²) in [5, 5.41) is 3.02. The van der Waals surface area contributed by atoms with Gasteiger partial charge in [-0.15, -0.1) is 0 Å². The molecule has 4 heteroatoms. The van der Waals surface area contributed by atoms with E-state index in [2.05, 4.69) is 5.32 Å². The Bertz CT molecular complexity index is 431. The van der Waals surface area contributed by atoms with Gasteiger partial charge in [0.1, 0.15) is 11.5 Å². The summed E-state index contributed by atoms with van der Waals surface area (Å²) >= 11 is 0. The van der Waals surface area contributed by atoms with E-state index in [4.69, 9.17) is 9.47 Å². The molecule has 1 aromatic carbocycles. The van der Waals surface area contributed by atoms with Crippen molar-refractivity contribution in [2.45, 2.75) is 38.6 Å². The molecule has 1 aliphatic rings. The van der Waals surface area contributed by atoms with Gasteiger partial charge in [0.2, 0.25) is 5.91 Å². The predicted molar refractivity (Wildman–Crippen MR) is 78.0 cm³/mol. The molecule has 0 radical (unpaired) electrons. The zero-order chi connectivity index (χ0) is 14.4. The van der Waals surface area contributed by atoms with E-state index in [-0.39, 0.29) is 11.8 Å². The number of carbonyl (C=O) groups is 1. The molecule has 1 aromatic rings. The van der Waals surface area contributed by atoms with Crippen LogP contribution in [0.1, 0.15) is 37.7 Å². The summed E-state index contributed by atoms with van der Waals surface area (Å²) in [6.07, 6.45) is 5.60. The van der Waals surface area contributed by atoms with Crippen molar-refractivity contribution in [3.8, 4) is 11.5 Å². The molecule has 2 rings (SSSR count). The fourth-order valence-electron chi connectivity index (χ4n) is 2.79. The first kappa shape index (κ1) is 14.7. The molecule has 1 amide bonds. The van der Waals surface area contributed by atoms with Crippen LogP contribution in [0.25, 0.3) is 0 Å². The molecule has 1 aliphatic carbocycles. The van der Waals surface area contributed by atoms with E-state index < -0.39 is 0 Å². The van der Waals surface area contributed by atoms with E-state index in [0.717, 1.165) is 42.7 Å². The minimum Gasteiger partial charge on any atom is -0.496 e. The minimum absolute atomic E-state index is 0.151. The Morgan fingerprint density at radius 1 is 1.15 bits per heavy atom. The average Bonchev–Trinajstić information content (AvgIpc) is 2.52. The first-order chi connectivity index (χ1) is 9.76. The maximum absolute atomic E-state index is 12.2. The minimum atomic E-state index is 0.151. The van der Waals surface area contributed by atoms with Crippen molar-refractivity contribution in [1.82, 2.24) is 5.32 Å². The fraction of sp³-hybridized carbons (Fsp3) is 0.562. The Morgan fingerprint density at radius 3 is 2.30 bits per heavy atom. The van der Waals surface area contributed by atoms with E-state index in [9.17, 15) is 4.79 Å². The summed E-state index contributed by atoms with van der Waals surface area (Å²) in [5.41, 5.74) is 0.890. The van der Waals surface area contributed by atoms with Crippen molar-refractivity contribution in [3.63, 3.8) is 0 Å². The molecule has 0 aromatic heterocycles. The second-order valence-corrected chi connectivity index (χ2v) is 5.19. The molecule has 0 aliphatic heterocycles. The van der Waals surface area contributed by atoms with Gasteiger partial charge in [-0.05, 0) is 25.0 Å². The number of methoxy groups -OCH3 is 2. The molecule has 0 saturated heterocycles. The summed E-state index contributed by atoms with van der Waals surface area (Å²) in [5.74, 6) is 1.81. The Hall–Kier alpha value is -1.71. The number of amides is 1. The Balaban J connectivity index is 2.00. The smallest absolute Gasteiger partial charge is 0.223 e. The molecule has 0 spiro atoms. The van der Waals surface area contributed by atoms with Gasteiger partial charge in [-0.25, -0.2) is 0 Å². The van der Waals surface area contributed by atoms with Crippen LogP contribution in [0.5, 0.6) is 11.5 Å². The van der Waals surface area contributed by atoms with Crippen LogP contribution in [-0.4, -0.2) is 20.1 Å². The van der Waals surface area contributed by atoms with Crippen LogP contribution in [0.3, 0.4) is 0 Å². The largest absolute Gasteiger partial charge is 0.496 e. The lowest BCUT2D eigenvalue weighted by Gasteiger charge is -2.21. The zero-order valence-corrected chi connectivity index (χ0v) is 12.3. The summed E-state index contributed by atoms with van der Waals surface area (Å²) in [6.45, 7) is 0.447. The molecular formula is C16H23NO3. The van der Waals surface area contributed by atoms with Gasteiger partial charge in [0.05, 0.1) is 26.3 Å². The highest BCUT2D eigenvalue weighted by Crippen LogP contribution is 2.28. The number of rotatable bonds is 5. The number of carbonyl (C=O) groups excluding carboxylic acids is 1. The number of benzene rings is 1. The van der Waals surface area contributed by atoms with Crippen LogP contribution in [-0.2, 0) is 11.3 Å². The number of hydrogen-bond acceptors (Lipinski definition) is 3. The lowest BCUT2D eigenvalue weighted by atomic mass is 9.88. The van der Waals surface area contributed by atoms with E-state index in [1.807, 2.05) is 18.2 Å². The summed E-state index contributed by atoms with van der Waals surface area (Å²) < 4.78 is 10.7. The molecule has 110 valence electrons. The van der Waals surface area contributed by atoms with Crippen molar-refractivity contribution in [1.29, 1.82) is 0 Å². The van der Waals surface area contributed by atoms with Gasteiger partial charge >= 0.3 is 0 Å². The van der Waals surface area contributed by atoms with Crippen LogP contribution in [0.15, 0.2) is 18.2 Å². The van der Waals surface area contributed by atoms with Crippen LogP contribution in [0, 0.1) is 5.92 Å². The Kier molecular flexibility index (Phi) is 5.27. The van der Waals surface area contributed by atoms with Crippen LogP contribution in [0.4, 0.5) is 0 Å². The summed E-state index contributed by atoms with van der Waals surface area (Å²) in [4.78, 5) is 12.2. The molecule has 0 bridgehead atoms. The maximum atomic E-state index is 12.2. The number of nitrogens with one attached hydrogen (secondary N) is 1. The van der Waals surface area contributed by atoms with E-state index >= 15 is 0 Å². The van der Waals surface area contributed by atoms with Gasteiger partial charge in [0, 0.05) is 5.92 Å². The van der Waals surface area contributed by atoms with Crippen LogP contribution < -0.4 is 14.8 Å². The van der Waals surface area contributed by atoms with Gasteiger partial charge in [-0.1, -0.05) is 25.3 Å². The molecule has 20 heavy (non-hydrogen) atoms. The van der Waals surface area contributed by atoms with Crippen molar-refractivity contribution in [2.24, 2.45) is 5.92 Å². The standard InChI is InChI=1S/C16H23NO3/c1-19-14-9-6-10-15(20-2)13(14)11-17-16(18)12-7-4-3-5-8-12/h6,9-10,12H,3-5,7-8,11H2,1-2H3,(H,17,18). The van der Waals surface area contributed by atoms with Crippen molar-refractivity contribution >= 4 is 5.91 Å². The lowest BCUT2D eigenvalue weighted by Crippen LogP contribution is -2.31. The second kappa shape index (κ2) is 7.17. The molecule has 4 nitrogen and oxygen atoms in total. The fourth-order valence-corrected chi connectivity index (χ4v) is 2.79. The molecule has 1 saturated carbocycles. The highest BCUT2D eigenvalue weighted by Gasteiger charge is 2.21. The first-order valence-electron chi connectivity index (χ1n) is 7.24. The molecule has 0 heterocycles. The quantitative estimate of drug-likeness (QED) is 0.900. The third kappa shape index (κ3) is 3.44. The van der Waals surface area contributed by atoms with Gasteiger partial charge in [0.25, 0.3) is 0 Å². The van der Waals surface area contributed by atoms with Gasteiger partial charge in [0.15, 0.2) is 0 Å². The summed E-state index contributed by atoms with van der Waals surface area (Å²) in [6, 6.07) is 5.64. The molecule has 1 fully saturated rings. The van der Waals surface area contributed by atoms with Crippen LogP contribution in [0.2, 0.25) is 0 Å². The predicted octanol–water partition coefficient (Wildman–Crippen LogP) is 2.90. The van der Waals surface area contributed by atoms with Gasteiger partial charge in [-0.2, -0.15) is 0 Å². The first-order valence-corrected chi connectivity index (χ1v) is 7.24. The maximum Gasteiger partial charge on any atom is 0.223 e. The summed E-state index contributed by atoms with van der Waals surface area (Å²) in [7, 11) is 3.25. The zero-order valence-electron chi connectivity index (χ0n) is 12.3. The number of hydrogen-bond donors (Lipinski definition) is 1. The lowest BCUT2D eigenvalue weighted by molar-refractivity contribution is -0.126. The van der Waals surface area contributed by atoms with E-state index in [1.165, 1.54) is 6.42 Å². The van der Waals surface area contributed by atoms with Crippen molar-refractivity contribution < 1.29 is 14.3 Å². The van der Waals surface area contributed by atoms with Crippen molar-refractivity contribution in [3.05, 3.63) is 23.8 Å². The Labute approximate surface area is 120 Å². The van der Waals surface area contributed by atoms with E-state index in [0.29, 0.717) is 6.54 Å². The third-order valence-electron chi connectivity index (χ3n) is 3.95. The second-order valence-electron chi connectivity index (χ2n) is 5.19. The number of ether oxygens (including phenoxy) is 2. The monoisotopic (exact) mass is 277 g/mol. The average molecular weight is 277 g/mol. The SMILES string of the molecule is COc1cccc(OC)c1CNC(=O)C1CCCCC1. The highest BCUT2D eigenvalue weighted by molar-refractivity contribution is 5.78. The van der Waals surface area contributed by atoms with Gasteiger partial charge in [-0.3, -0.25) is 4.79 Å². The molecule has 0 atom stereocenters. The molecular weight excluding hydrogens is 254 g/mol. The topological polar surface area (TPSA) is 47.6 Å². The van der Waals surface area contributed by atoms with Gasteiger partial charge < -0.3 is 14.8 Å². The molecule has 1 N–H and O–H groups in total. The van der Waals surface area contributed by atoms with E-state index in [1.54, 1.807) is 14.2 Å². The Morgan fingerprint density at radius 2 is 1.75 bits per heavy atom. The third-order valence-corrected chi connectivity index (χ3v) is 3.95. The van der Waals surface area contributed by atoms with Crippen LogP contribution >= 0.6 is 0 Å². The van der Waals surface area contributed by atoms with Crippen molar-refractivity contribution in [2.75, 3.05) is 14.2 Å². The molecule has 0 unspecified atom stereocenters. The highest BCUT2D eigenvalue weighted by atomic mass is 16.5. The normalized spacial score (nSPS) is 15.7.